The molecule has 4 heteroatoms. The van der Waals surface area contributed by atoms with Gasteiger partial charge >= 0.3 is 0 Å². The van der Waals surface area contributed by atoms with Gasteiger partial charge in [0.1, 0.15) is 0 Å². The third kappa shape index (κ3) is 4.03. The lowest BCUT2D eigenvalue weighted by Gasteiger charge is -2.09. The Kier molecular flexibility index (Phi) is 5.37. The van der Waals surface area contributed by atoms with Gasteiger partial charge in [-0.3, -0.25) is 4.98 Å². The van der Waals surface area contributed by atoms with Gasteiger partial charge in [0.15, 0.2) is 0 Å². The van der Waals surface area contributed by atoms with Gasteiger partial charge in [0.05, 0.1) is 5.69 Å². The Morgan fingerprint density at radius 2 is 2.05 bits per heavy atom. The van der Waals surface area contributed by atoms with Gasteiger partial charge in [-0.1, -0.05) is 40.5 Å². The molecule has 0 saturated carbocycles. The fraction of sp³-hybridized carbons (Fsp3) is 0.267. The third-order valence-electron chi connectivity index (χ3n) is 2.98. The molecule has 100 valence electrons. The average molecular weight is 340 g/mol. The van der Waals surface area contributed by atoms with Crippen LogP contribution in [0.4, 0.5) is 0 Å². The molecular formula is C15H16BrClN2. The summed E-state index contributed by atoms with van der Waals surface area (Å²) in [5, 5.41) is 4.18. The molecular weight excluding hydrogens is 324 g/mol. The summed E-state index contributed by atoms with van der Waals surface area (Å²) in [4.78, 5) is 4.42. The summed E-state index contributed by atoms with van der Waals surface area (Å²) in [5.41, 5.74) is 3.48. The minimum atomic E-state index is 0.734. The maximum atomic E-state index is 6.16. The molecule has 2 aromatic rings. The molecule has 19 heavy (non-hydrogen) atoms. The van der Waals surface area contributed by atoms with Crippen LogP contribution in [-0.2, 0) is 19.5 Å². The standard InChI is InChI=1S/C15H16BrClN2/c1-2-11-4-3-7-19-15(11)10-18-9-12-8-13(16)5-6-14(12)17/h3-8,18H,2,9-10H2,1H3. The van der Waals surface area contributed by atoms with Crippen LogP contribution in [0.25, 0.3) is 0 Å². The highest BCUT2D eigenvalue weighted by Gasteiger charge is 2.03. The Morgan fingerprint density at radius 1 is 1.21 bits per heavy atom. The van der Waals surface area contributed by atoms with Gasteiger partial charge in [-0.25, -0.2) is 0 Å². The topological polar surface area (TPSA) is 24.9 Å². The summed E-state index contributed by atoms with van der Waals surface area (Å²) >= 11 is 9.62. The first-order valence-electron chi connectivity index (χ1n) is 6.28. The summed E-state index contributed by atoms with van der Waals surface area (Å²) in [7, 11) is 0. The minimum Gasteiger partial charge on any atom is -0.307 e. The second-order valence-corrected chi connectivity index (χ2v) is 5.62. The van der Waals surface area contributed by atoms with E-state index in [1.807, 2.05) is 30.5 Å². The Balaban J connectivity index is 1.98. The minimum absolute atomic E-state index is 0.734. The Labute approximate surface area is 127 Å². The molecule has 2 rings (SSSR count). The Morgan fingerprint density at radius 3 is 2.84 bits per heavy atom. The zero-order valence-corrected chi connectivity index (χ0v) is 13.1. The number of rotatable bonds is 5. The molecule has 1 heterocycles. The lowest BCUT2D eigenvalue weighted by Crippen LogP contribution is -2.15. The van der Waals surface area contributed by atoms with Crippen molar-refractivity contribution >= 4 is 27.5 Å². The van der Waals surface area contributed by atoms with E-state index < -0.39 is 0 Å². The molecule has 0 atom stereocenters. The van der Waals surface area contributed by atoms with Crippen molar-refractivity contribution in [3.8, 4) is 0 Å². The van der Waals surface area contributed by atoms with Crippen molar-refractivity contribution in [2.75, 3.05) is 0 Å². The maximum absolute atomic E-state index is 6.16. The molecule has 0 saturated heterocycles. The number of aromatic nitrogens is 1. The van der Waals surface area contributed by atoms with Crippen molar-refractivity contribution in [1.82, 2.24) is 10.3 Å². The normalized spacial score (nSPS) is 10.7. The van der Waals surface area contributed by atoms with Crippen LogP contribution >= 0.6 is 27.5 Å². The van der Waals surface area contributed by atoms with Crippen molar-refractivity contribution in [3.63, 3.8) is 0 Å². The molecule has 2 nitrogen and oxygen atoms in total. The van der Waals surface area contributed by atoms with Gasteiger partial charge in [0, 0.05) is 28.8 Å². The number of hydrogen-bond acceptors (Lipinski definition) is 2. The first-order valence-corrected chi connectivity index (χ1v) is 7.45. The molecule has 0 aliphatic carbocycles. The van der Waals surface area contributed by atoms with Gasteiger partial charge < -0.3 is 5.32 Å². The fourth-order valence-corrected chi connectivity index (χ4v) is 2.54. The largest absolute Gasteiger partial charge is 0.307 e. The zero-order chi connectivity index (χ0) is 13.7. The molecule has 0 bridgehead atoms. The second-order valence-electron chi connectivity index (χ2n) is 4.30. The lowest BCUT2D eigenvalue weighted by atomic mass is 10.1. The van der Waals surface area contributed by atoms with E-state index in [2.05, 4.69) is 39.2 Å². The number of nitrogens with one attached hydrogen (secondary N) is 1. The van der Waals surface area contributed by atoms with Gasteiger partial charge in [-0.05, 0) is 41.8 Å². The molecule has 0 unspecified atom stereocenters. The predicted octanol–water partition coefficient (Wildman–Crippen LogP) is 4.35. The van der Waals surface area contributed by atoms with E-state index in [-0.39, 0.29) is 0 Å². The zero-order valence-electron chi connectivity index (χ0n) is 10.8. The van der Waals surface area contributed by atoms with E-state index in [1.165, 1.54) is 5.56 Å². The molecule has 0 fully saturated rings. The molecule has 0 spiro atoms. The molecule has 0 aliphatic rings. The predicted molar refractivity (Wildman–Crippen MR) is 83.3 cm³/mol. The lowest BCUT2D eigenvalue weighted by molar-refractivity contribution is 0.673. The van der Waals surface area contributed by atoms with Crippen molar-refractivity contribution in [2.24, 2.45) is 0 Å². The Hall–Kier alpha value is -0.900. The van der Waals surface area contributed by atoms with E-state index in [9.17, 15) is 0 Å². The second kappa shape index (κ2) is 7.04. The van der Waals surface area contributed by atoms with Crippen LogP contribution in [0, 0.1) is 0 Å². The van der Waals surface area contributed by atoms with Crippen LogP contribution in [0.3, 0.4) is 0 Å². The van der Waals surface area contributed by atoms with Gasteiger partial charge in [-0.15, -0.1) is 0 Å². The van der Waals surface area contributed by atoms with E-state index in [1.54, 1.807) is 0 Å². The van der Waals surface area contributed by atoms with E-state index in [0.717, 1.165) is 40.3 Å². The van der Waals surface area contributed by atoms with Crippen LogP contribution in [0.1, 0.15) is 23.7 Å². The maximum Gasteiger partial charge on any atom is 0.0573 e. The average Bonchev–Trinajstić information content (AvgIpc) is 2.43. The van der Waals surface area contributed by atoms with Gasteiger partial charge in [0.2, 0.25) is 0 Å². The van der Waals surface area contributed by atoms with Crippen LogP contribution in [0.5, 0.6) is 0 Å². The van der Waals surface area contributed by atoms with Crippen molar-refractivity contribution < 1.29 is 0 Å². The summed E-state index contributed by atoms with van der Waals surface area (Å²) in [6.45, 7) is 3.64. The monoisotopic (exact) mass is 338 g/mol. The molecule has 1 aromatic heterocycles. The number of aryl methyl sites for hydroxylation is 1. The summed E-state index contributed by atoms with van der Waals surface area (Å²) in [6.07, 6.45) is 2.84. The first-order chi connectivity index (χ1) is 9.20. The number of hydrogen-bond donors (Lipinski definition) is 1. The van der Waals surface area contributed by atoms with E-state index in [4.69, 9.17) is 11.6 Å². The highest BCUT2D eigenvalue weighted by molar-refractivity contribution is 9.10. The summed E-state index contributed by atoms with van der Waals surface area (Å²) in [5.74, 6) is 0. The van der Waals surface area contributed by atoms with Crippen molar-refractivity contribution in [3.05, 3.63) is 62.8 Å². The number of nitrogens with zero attached hydrogens (tertiary/aromatic N) is 1. The highest BCUT2D eigenvalue weighted by atomic mass is 79.9. The van der Waals surface area contributed by atoms with Gasteiger partial charge in [0.25, 0.3) is 0 Å². The Bertz CT molecular complexity index is 558. The molecule has 1 aromatic carbocycles. The van der Waals surface area contributed by atoms with Crippen LogP contribution in [0.15, 0.2) is 41.0 Å². The van der Waals surface area contributed by atoms with Crippen LogP contribution < -0.4 is 5.32 Å². The third-order valence-corrected chi connectivity index (χ3v) is 3.84. The summed E-state index contributed by atoms with van der Waals surface area (Å²) < 4.78 is 1.04. The number of pyridine rings is 1. The van der Waals surface area contributed by atoms with Crippen molar-refractivity contribution in [1.29, 1.82) is 0 Å². The first kappa shape index (κ1) is 14.5. The molecule has 0 amide bonds. The number of benzene rings is 1. The molecule has 0 radical (unpaired) electrons. The molecule has 1 N–H and O–H groups in total. The number of halogens is 2. The van der Waals surface area contributed by atoms with Crippen molar-refractivity contribution in [2.45, 2.75) is 26.4 Å². The van der Waals surface area contributed by atoms with Crippen LogP contribution in [-0.4, -0.2) is 4.98 Å². The SMILES string of the molecule is CCc1cccnc1CNCc1cc(Br)ccc1Cl. The fourth-order valence-electron chi connectivity index (χ4n) is 1.95. The molecule has 0 aliphatic heterocycles. The summed E-state index contributed by atoms with van der Waals surface area (Å²) in [6, 6.07) is 9.98. The van der Waals surface area contributed by atoms with Crippen LogP contribution in [0.2, 0.25) is 5.02 Å². The highest BCUT2D eigenvalue weighted by Crippen LogP contribution is 2.20. The van der Waals surface area contributed by atoms with E-state index in [0.29, 0.717) is 0 Å². The van der Waals surface area contributed by atoms with Gasteiger partial charge in [-0.2, -0.15) is 0 Å². The van der Waals surface area contributed by atoms with E-state index >= 15 is 0 Å². The quantitative estimate of drug-likeness (QED) is 0.876. The smallest absolute Gasteiger partial charge is 0.0573 e.